The van der Waals surface area contributed by atoms with E-state index in [0.717, 1.165) is 91.4 Å². The van der Waals surface area contributed by atoms with E-state index in [1.54, 1.807) is 24.3 Å². The molecule has 0 fully saturated rings. The minimum Gasteiger partial charge on any atom is -0.508 e. The number of halogens is 9. The highest BCUT2D eigenvalue weighted by molar-refractivity contribution is 14.1. The predicted molar refractivity (Wildman–Crippen MR) is 441 cm³/mol. The van der Waals surface area contributed by atoms with Gasteiger partial charge in [-0.1, -0.05) is 247 Å². The molecule has 0 aliphatic carbocycles. The predicted octanol–water partition coefficient (Wildman–Crippen LogP) is 26.9. The molecule has 0 aliphatic heterocycles. The summed E-state index contributed by atoms with van der Waals surface area (Å²) in [6.45, 7) is 0. The molecule has 0 bridgehead atoms. The van der Waals surface area contributed by atoms with Crippen molar-refractivity contribution in [2.75, 3.05) is 16.4 Å². The zero-order valence-corrected chi connectivity index (χ0v) is 66.2. The van der Waals surface area contributed by atoms with Gasteiger partial charge in [0.2, 0.25) is 35.4 Å². The molecule has 103 heavy (non-hydrogen) atoms. The lowest BCUT2D eigenvalue weighted by Gasteiger charge is -2.14. The number of nitrogens with two attached hydrogens (primary N) is 1. The first-order valence-electron chi connectivity index (χ1n) is 31.5. The van der Waals surface area contributed by atoms with E-state index in [-0.39, 0.29) is 5.75 Å². The Bertz CT molecular complexity index is 4450. The fourth-order valence-electron chi connectivity index (χ4n) is 9.29. The molecule has 20 heteroatoms. The van der Waals surface area contributed by atoms with Gasteiger partial charge in [-0.15, -0.1) is 0 Å². The van der Waals surface area contributed by atoms with E-state index in [2.05, 4.69) is 224 Å². The third-order valence-corrected chi connectivity index (χ3v) is 17.0. The molecule has 0 unspecified atom stereocenters. The Labute approximate surface area is 661 Å². The average Bonchev–Trinajstić information content (AvgIpc) is 0.841. The molecule has 14 rings (SSSR count). The number of para-hydroxylation sites is 3. The molecule has 3 heterocycles. The van der Waals surface area contributed by atoms with Crippen molar-refractivity contribution in [3.05, 3.63) is 392 Å². The van der Waals surface area contributed by atoms with E-state index in [1.165, 1.54) is 20.8 Å². The third-order valence-electron chi connectivity index (χ3n) is 13.6. The van der Waals surface area contributed by atoms with Crippen LogP contribution in [0.2, 0.25) is 0 Å². The molecule has 0 aliphatic rings. The van der Waals surface area contributed by atoms with Gasteiger partial charge >= 0.3 is 0 Å². The second-order valence-corrected chi connectivity index (χ2v) is 28.6. The van der Waals surface area contributed by atoms with Crippen LogP contribution in [0.15, 0.2) is 354 Å². The van der Waals surface area contributed by atoms with Gasteiger partial charge in [-0.25, -0.2) is 0 Å². The number of phenols is 1. The Morgan fingerprint density at radius 2 is 0.612 bits per heavy atom. The van der Waals surface area contributed by atoms with Crippen LogP contribution in [-0.4, -0.2) is 20.1 Å². The van der Waals surface area contributed by atoms with Crippen molar-refractivity contribution in [1.29, 1.82) is 0 Å². The summed E-state index contributed by atoms with van der Waals surface area (Å²) in [7, 11) is 0. The van der Waals surface area contributed by atoms with Gasteiger partial charge < -0.3 is 40.4 Å². The van der Waals surface area contributed by atoms with E-state index in [0.29, 0.717) is 46.5 Å². The summed E-state index contributed by atoms with van der Waals surface area (Å²) in [5.74, 6) is 3.19. The van der Waals surface area contributed by atoms with Crippen LogP contribution in [-0.2, 0) is 12.8 Å². The van der Waals surface area contributed by atoms with Crippen LogP contribution in [0.5, 0.6) is 52.3 Å². The number of aromatic hydroxyl groups is 1. The summed E-state index contributed by atoms with van der Waals surface area (Å²) in [5, 5.41) is 16.0. The van der Waals surface area contributed by atoms with Crippen molar-refractivity contribution < 1.29 is 32.8 Å². The Hall–Kier alpha value is -9.26. The highest BCUT2D eigenvalue weighted by Gasteiger charge is 2.12. The van der Waals surface area contributed by atoms with Crippen LogP contribution in [0, 0.1) is 15.5 Å². The second-order valence-electron chi connectivity index (χ2n) is 21.9. The SMILES string of the molecule is Brc1cc(Br)cc(Oc2cccc(Oc3cc(Br)cc(Br)c3)n2)c1.Fc1cccc(F)n1.Ic1ccccc1.Nc1ccccc1.Oc1cc(Br)cc(Br)c1.c1ccc(Cc2cc(Nc3ccccc3)cc(Oc3cccc(Oc4cc(Cc5ccccc5)cc(Nc5ccccc5)c4)n3)c2)cc1. The van der Waals surface area contributed by atoms with Crippen LogP contribution in [0.3, 0.4) is 0 Å². The van der Waals surface area contributed by atoms with Crippen LogP contribution in [0.1, 0.15) is 22.3 Å². The number of ether oxygens (including phenoxy) is 4. The maximum absolute atomic E-state index is 11.8. The first-order valence-corrected chi connectivity index (χ1v) is 37.3. The van der Waals surface area contributed by atoms with Gasteiger partial charge in [0.1, 0.15) is 28.7 Å². The Morgan fingerprint density at radius 1 is 0.311 bits per heavy atom. The summed E-state index contributed by atoms with van der Waals surface area (Å²) in [6.07, 6.45) is 1.55. The lowest BCUT2D eigenvalue weighted by molar-refractivity contribution is 0.425. The number of benzene rings is 11. The van der Waals surface area contributed by atoms with Crippen molar-refractivity contribution in [3.8, 4) is 52.3 Å². The van der Waals surface area contributed by atoms with Crippen molar-refractivity contribution in [3.63, 3.8) is 0 Å². The molecule has 0 amide bonds. The highest BCUT2D eigenvalue weighted by Crippen LogP contribution is 2.35. The minimum absolute atomic E-state index is 0.260. The number of nitrogen functional groups attached to an aromatic ring is 1. The number of nitrogens with zero attached hydrogens (tertiary/aromatic N) is 3. The van der Waals surface area contributed by atoms with Crippen LogP contribution in [0.25, 0.3) is 0 Å². The van der Waals surface area contributed by atoms with Gasteiger partial charge in [0.25, 0.3) is 0 Å². The summed E-state index contributed by atoms with van der Waals surface area (Å²) in [4.78, 5) is 11.9. The fourth-order valence-corrected chi connectivity index (χ4v) is 13.5. The van der Waals surface area contributed by atoms with E-state index < -0.39 is 11.9 Å². The van der Waals surface area contributed by atoms with Gasteiger partial charge in [0, 0.05) is 95.2 Å². The van der Waals surface area contributed by atoms with E-state index in [1.807, 2.05) is 200 Å². The number of pyridine rings is 3. The first kappa shape index (κ1) is 77.9. The number of nitrogens with one attached hydrogen (secondary N) is 2. The molecule has 11 aromatic carbocycles. The average molecular weight is 1870 g/mol. The Morgan fingerprint density at radius 3 is 0.903 bits per heavy atom. The smallest absolute Gasteiger partial charge is 0.222 e. The van der Waals surface area contributed by atoms with Gasteiger partial charge in [0.05, 0.1) is 0 Å². The number of hydrogen-bond donors (Lipinski definition) is 4. The molecule has 3 aromatic heterocycles. The fraction of sp³-hybridized carbons (Fsp3) is 0.0241. The molecular weight excluding hydrogens is 1810 g/mol. The summed E-state index contributed by atoms with van der Waals surface area (Å²) < 4.78 is 54.7. The summed E-state index contributed by atoms with van der Waals surface area (Å²) in [6, 6.07) is 104. The first-order chi connectivity index (χ1) is 49.9. The maximum Gasteiger partial charge on any atom is 0.222 e. The monoisotopic (exact) mass is 1860 g/mol. The zero-order valence-electron chi connectivity index (χ0n) is 54.5. The molecule has 14 aromatic rings. The van der Waals surface area contributed by atoms with Crippen molar-refractivity contribution in [2.45, 2.75) is 12.8 Å². The molecule has 518 valence electrons. The Balaban J connectivity index is 0.000000182. The van der Waals surface area contributed by atoms with Crippen LogP contribution in [0.4, 0.5) is 37.2 Å². The van der Waals surface area contributed by atoms with Gasteiger partial charge in [-0.05, 0) is 197 Å². The van der Waals surface area contributed by atoms with E-state index in [4.69, 9.17) is 34.8 Å². The molecule has 0 atom stereocenters. The molecule has 5 N–H and O–H groups in total. The third kappa shape index (κ3) is 29.6. The summed E-state index contributed by atoms with van der Waals surface area (Å²) in [5.41, 5.74) is 14.8. The van der Waals surface area contributed by atoms with Crippen molar-refractivity contribution in [2.24, 2.45) is 0 Å². The number of hydrogen-bond acceptors (Lipinski definition) is 11. The topological polar surface area (TPSA) is 146 Å². The molecule has 0 spiro atoms. The number of anilines is 5. The molecule has 11 nitrogen and oxygen atoms in total. The quantitative estimate of drug-likeness (QED) is 0.0417. The van der Waals surface area contributed by atoms with Crippen molar-refractivity contribution in [1.82, 2.24) is 15.0 Å². The normalized spacial score (nSPS) is 10.1. The molecule has 0 radical (unpaired) electrons. The van der Waals surface area contributed by atoms with Crippen LogP contribution < -0.4 is 35.3 Å². The zero-order chi connectivity index (χ0) is 72.6. The highest BCUT2D eigenvalue weighted by atomic mass is 127. The summed E-state index contributed by atoms with van der Waals surface area (Å²) >= 11 is 22.5. The Kier molecular flexibility index (Phi) is 31.6. The number of phenolic OH excluding ortho intramolecular Hbond substituents is 1. The van der Waals surface area contributed by atoms with Gasteiger partial charge in [-0.2, -0.15) is 23.7 Å². The molecule has 0 saturated heterocycles. The van der Waals surface area contributed by atoms with Gasteiger partial charge in [0.15, 0.2) is 0 Å². The lowest BCUT2D eigenvalue weighted by atomic mass is 10.0. The molecular formula is C83H63Br6F2IN6O5. The van der Waals surface area contributed by atoms with E-state index >= 15 is 0 Å². The largest absolute Gasteiger partial charge is 0.508 e. The second kappa shape index (κ2) is 41.7. The van der Waals surface area contributed by atoms with E-state index in [9.17, 15) is 8.78 Å². The minimum atomic E-state index is -0.787. The number of aromatic nitrogens is 3. The molecule has 0 saturated carbocycles. The van der Waals surface area contributed by atoms with Crippen LogP contribution >= 0.6 is 118 Å². The maximum atomic E-state index is 11.8. The number of rotatable bonds is 16. The van der Waals surface area contributed by atoms with Crippen molar-refractivity contribution >= 4 is 147 Å². The lowest BCUT2D eigenvalue weighted by Crippen LogP contribution is -1.97. The van der Waals surface area contributed by atoms with Gasteiger partial charge in [-0.3, -0.25) is 0 Å². The standard InChI is InChI=1S/C43H35N3O2.C17H9Br4NO2.C6H4Br2O.C6H5I.C6H7N.C5H3F2N/c1-5-14-32(15-6-1)24-34-26-38(44-36-18-9-3-10-19-36)30-40(28-34)47-42-22-13-23-43(46-42)48-41-29-35(25-33-16-7-2-8-17-33)27-39(31-41)45-37-20-11-4-12-21-37;18-10-4-11(19)7-14(6-10)23-16-2-1-3-17(22-16)24-15-8-12(20)5-13(21)9-15;7-4-1-5(8)3-6(9)2-4;2*7-6-4-2-1-3-5-6;6-4-2-1-3-5(7)8-4/h1-23,26-31,44-45H,24-25H2;1-9H;1-3,9H;1-5H;1-5H,7H2;1-3H.